The van der Waals surface area contributed by atoms with Crippen molar-refractivity contribution in [2.75, 3.05) is 19.9 Å². The number of esters is 1. The van der Waals surface area contributed by atoms with Crippen LogP contribution in [0.4, 0.5) is 13.6 Å². The number of nitrogens with zero attached hydrogens (tertiary/aromatic N) is 1. The number of carbonyl (C=O) groups excluding carboxylic acids is 1. The second-order valence-corrected chi connectivity index (χ2v) is 6.13. The number of hydrogen-bond donors (Lipinski definition) is 2. The lowest BCUT2D eigenvalue weighted by Crippen LogP contribution is -2.50. The van der Waals surface area contributed by atoms with Gasteiger partial charge in [0.05, 0.1) is 19.8 Å². The standard InChI is InChI=1S/C9H14F2N2O6S/c1-19-7(14)3-6-9(10,11)5(12-20(2,17)18)4-13(6)8(15)16/h5-6,12H,3-4H2,1-2H3,(H,15,16)/t5-,6-/m1/s1. The first-order valence-electron chi connectivity index (χ1n) is 5.40. The molecule has 0 aromatic carbocycles. The van der Waals surface area contributed by atoms with Crippen molar-refractivity contribution in [3.05, 3.63) is 0 Å². The average molecular weight is 316 g/mol. The van der Waals surface area contributed by atoms with E-state index in [0.717, 1.165) is 7.11 Å². The molecule has 0 aromatic rings. The van der Waals surface area contributed by atoms with Gasteiger partial charge in [-0.3, -0.25) is 9.69 Å². The van der Waals surface area contributed by atoms with E-state index in [4.69, 9.17) is 5.11 Å². The summed E-state index contributed by atoms with van der Waals surface area (Å²) < 4.78 is 56.1. The maximum atomic E-state index is 14.1. The number of halogens is 2. The van der Waals surface area contributed by atoms with Crippen molar-refractivity contribution < 1.29 is 36.6 Å². The zero-order chi connectivity index (χ0) is 15.7. The van der Waals surface area contributed by atoms with Gasteiger partial charge in [-0.15, -0.1) is 0 Å². The highest BCUT2D eigenvalue weighted by Crippen LogP contribution is 2.36. The van der Waals surface area contributed by atoms with Crippen LogP contribution in [0.5, 0.6) is 0 Å². The molecule has 0 aliphatic carbocycles. The fourth-order valence-electron chi connectivity index (χ4n) is 1.96. The Bertz CT molecular complexity index is 509. The Morgan fingerprint density at radius 2 is 2.05 bits per heavy atom. The van der Waals surface area contributed by atoms with Gasteiger partial charge in [0.1, 0.15) is 12.1 Å². The van der Waals surface area contributed by atoms with Gasteiger partial charge in [0.25, 0.3) is 5.92 Å². The summed E-state index contributed by atoms with van der Waals surface area (Å²) >= 11 is 0. The second kappa shape index (κ2) is 5.48. The van der Waals surface area contributed by atoms with Crippen molar-refractivity contribution in [3.8, 4) is 0 Å². The number of carbonyl (C=O) groups is 2. The monoisotopic (exact) mass is 316 g/mol. The van der Waals surface area contributed by atoms with Gasteiger partial charge in [-0.2, -0.15) is 0 Å². The zero-order valence-corrected chi connectivity index (χ0v) is 11.5. The van der Waals surface area contributed by atoms with Crippen molar-refractivity contribution in [1.29, 1.82) is 0 Å². The molecule has 2 atom stereocenters. The third-order valence-electron chi connectivity index (χ3n) is 2.85. The molecule has 0 spiro atoms. The maximum Gasteiger partial charge on any atom is 0.407 e. The van der Waals surface area contributed by atoms with Crippen LogP contribution in [0, 0.1) is 0 Å². The molecular formula is C9H14F2N2O6S. The van der Waals surface area contributed by atoms with Gasteiger partial charge in [-0.1, -0.05) is 0 Å². The van der Waals surface area contributed by atoms with Crippen molar-refractivity contribution >= 4 is 22.1 Å². The van der Waals surface area contributed by atoms with Crippen LogP contribution in [-0.2, 0) is 19.6 Å². The van der Waals surface area contributed by atoms with Gasteiger partial charge in [-0.25, -0.2) is 26.7 Å². The summed E-state index contributed by atoms with van der Waals surface area (Å²) in [5, 5.41) is 8.88. The number of hydrogen-bond acceptors (Lipinski definition) is 5. The van der Waals surface area contributed by atoms with E-state index in [1.165, 1.54) is 0 Å². The van der Waals surface area contributed by atoms with Crippen LogP contribution in [-0.4, -0.2) is 68.4 Å². The van der Waals surface area contributed by atoms with E-state index >= 15 is 0 Å². The summed E-state index contributed by atoms with van der Waals surface area (Å²) in [6.45, 7) is -0.753. The van der Waals surface area contributed by atoms with Crippen molar-refractivity contribution in [3.63, 3.8) is 0 Å². The van der Waals surface area contributed by atoms with Crippen LogP contribution in [0.1, 0.15) is 6.42 Å². The lowest BCUT2D eigenvalue weighted by molar-refractivity contribution is -0.145. The molecule has 2 N–H and O–H groups in total. The van der Waals surface area contributed by atoms with E-state index in [9.17, 15) is 26.8 Å². The Morgan fingerprint density at radius 3 is 2.45 bits per heavy atom. The molecule has 1 rings (SSSR count). The van der Waals surface area contributed by atoms with E-state index in [-0.39, 0.29) is 0 Å². The minimum atomic E-state index is -3.95. The molecular weight excluding hydrogens is 302 g/mol. The molecule has 11 heteroatoms. The molecule has 116 valence electrons. The van der Waals surface area contributed by atoms with Crippen LogP contribution < -0.4 is 4.72 Å². The predicted molar refractivity (Wildman–Crippen MR) is 61.9 cm³/mol. The third-order valence-corrected chi connectivity index (χ3v) is 3.57. The number of carboxylic acid groups (broad SMARTS) is 1. The fraction of sp³-hybridized carbons (Fsp3) is 0.778. The molecule has 1 aliphatic rings. The summed E-state index contributed by atoms with van der Waals surface area (Å²) in [6, 6.07) is -3.91. The van der Waals surface area contributed by atoms with Crippen molar-refractivity contribution in [1.82, 2.24) is 9.62 Å². The van der Waals surface area contributed by atoms with Gasteiger partial charge in [0.15, 0.2) is 0 Å². The Kier molecular flexibility index (Phi) is 4.54. The highest BCUT2D eigenvalue weighted by molar-refractivity contribution is 7.88. The highest BCUT2D eigenvalue weighted by Gasteiger charge is 2.59. The lowest BCUT2D eigenvalue weighted by Gasteiger charge is -2.25. The smallest absolute Gasteiger partial charge is 0.407 e. The Morgan fingerprint density at radius 1 is 1.50 bits per heavy atom. The molecule has 0 unspecified atom stereocenters. The van der Waals surface area contributed by atoms with Gasteiger partial charge in [0, 0.05) is 6.54 Å². The number of amides is 1. The number of ether oxygens (including phenoxy) is 1. The third kappa shape index (κ3) is 3.54. The fourth-order valence-corrected chi connectivity index (χ4v) is 2.71. The van der Waals surface area contributed by atoms with Gasteiger partial charge in [0.2, 0.25) is 10.0 Å². The molecule has 1 aliphatic heterocycles. The number of sulfonamides is 1. The SMILES string of the molecule is COC(=O)C[C@H]1N(C(=O)O)C[C@@H](NS(C)(=O)=O)C1(F)F. The normalized spacial score (nSPS) is 25.5. The largest absolute Gasteiger partial charge is 0.469 e. The molecule has 1 amide bonds. The first-order valence-corrected chi connectivity index (χ1v) is 7.29. The van der Waals surface area contributed by atoms with E-state index in [0.29, 0.717) is 11.2 Å². The summed E-state index contributed by atoms with van der Waals surface area (Å²) in [7, 11) is -2.97. The molecule has 20 heavy (non-hydrogen) atoms. The number of nitrogens with one attached hydrogen (secondary N) is 1. The average Bonchev–Trinajstić information content (AvgIpc) is 2.51. The minimum absolute atomic E-state index is 0.333. The summed E-state index contributed by atoms with van der Waals surface area (Å²) in [4.78, 5) is 22.4. The predicted octanol–water partition coefficient (Wildman–Crippen LogP) is -0.535. The van der Waals surface area contributed by atoms with Crippen LogP contribution >= 0.6 is 0 Å². The summed E-state index contributed by atoms with van der Waals surface area (Å²) in [6.07, 6.45) is -1.85. The van der Waals surface area contributed by atoms with Gasteiger partial charge in [-0.05, 0) is 0 Å². The van der Waals surface area contributed by atoms with Crippen LogP contribution in [0.25, 0.3) is 0 Å². The Balaban J connectivity index is 3.05. The van der Waals surface area contributed by atoms with Crippen LogP contribution in [0.3, 0.4) is 0 Å². The van der Waals surface area contributed by atoms with E-state index < -0.39 is 53.1 Å². The second-order valence-electron chi connectivity index (χ2n) is 4.35. The molecule has 0 aromatic heterocycles. The molecule has 1 saturated heterocycles. The number of alkyl halides is 2. The van der Waals surface area contributed by atoms with Crippen molar-refractivity contribution in [2.45, 2.75) is 24.4 Å². The Labute approximate surface area is 113 Å². The first kappa shape index (κ1) is 16.6. The van der Waals surface area contributed by atoms with Crippen LogP contribution in [0.2, 0.25) is 0 Å². The highest BCUT2D eigenvalue weighted by atomic mass is 32.2. The van der Waals surface area contributed by atoms with Crippen LogP contribution in [0.15, 0.2) is 0 Å². The number of likely N-dealkylation sites (tertiary alicyclic amines) is 1. The molecule has 0 bridgehead atoms. The lowest BCUT2D eigenvalue weighted by atomic mass is 10.1. The maximum absolute atomic E-state index is 14.1. The van der Waals surface area contributed by atoms with E-state index in [1.54, 1.807) is 4.72 Å². The molecule has 8 nitrogen and oxygen atoms in total. The van der Waals surface area contributed by atoms with Gasteiger partial charge >= 0.3 is 12.1 Å². The topological polar surface area (TPSA) is 113 Å². The van der Waals surface area contributed by atoms with E-state index in [1.807, 2.05) is 0 Å². The zero-order valence-electron chi connectivity index (χ0n) is 10.7. The van der Waals surface area contributed by atoms with Gasteiger partial charge < -0.3 is 9.84 Å². The minimum Gasteiger partial charge on any atom is -0.469 e. The summed E-state index contributed by atoms with van der Waals surface area (Å²) in [5.74, 6) is -4.74. The molecule has 1 heterocycles. The Hall–Kier alpha value is -1.49. The first-order chi connectivity index (χ1) is 8.99. The molecule has 0 saturated carbocycles. The molecule has 0 radical (unpaired) electrons. The summed E-state index contributed by atoms with van der Waals surface area (Å²) in [5.41, 5.74) is 0. The quantitative estimate of drug-likeness (QED) is 0.674. The molecule has 1 fully saturated rings. The number of rotatable bonds is 4. The number of methoxy groups -OCH3 is 1. The van der Waals surface area contributed by atoms with E-state index in [2.05, 4.69) is 4.74 Å². The van der Waals surface area contributed by atoms with Crippen molar-refractivity contribution in [2.24, 2.45) is 0 Å².